The van der Waals surface area contributed by atoms with E-state index in [-0.39, 0.29) is 11.8 Å². The third-order valence-electron chi connectivity index (χ3n) is 4.93. The van der Waals surface area contributed by atoms with E-state index >= 15 is 0 Å². The summed E-state index contributed by atoms with van der Waals surface area (Å²) in [7, 11) is 0. The Morgan fingerprint density at radius 1 is 0.897 bits per heavy atom. The van der Waals surface area contributed by atoms with Crippen molar-refractivity contribution in [3.05, 3.63) is 60.3 Å². The van der Waals surface area contributed by atoms with Crippen molar-refractivity contribution in [3.8, 4) is 0 Å². The summed E-state index contributed by atoms with van der Waals surface area (Å²) in [6.07, 6.45) is 6.15. The van der Waals surface area contributed by atoms with Gasteiger partial charge < -0.3 is 21.4 Å². The highest BCUT2D eigenvalue weighted by molar-refractivity contribution is 5.93. The lowest BCUT2D eigenvalue weighted by Crippen LogP contribution is -2.24. The van der Waals surface area contributed by atoms with E-state index in [0.717, 1.165) is 31.2 Å². The number of nitrogens with one attached hydrogen (secondary N) is 3. The predicted molar refractivity (Wildman–Crippen MR) is 118 cm³/mol. The average Bonchev–Trinajstić information content (AvgIpc) is 3.14. The van der Waals surface area contributed by atoms with Gasteiger partial charge in [0.25, 0.3) is 0 Å². The number of aromatic nitrogens is 1. The fourth-order valence-corrected chi connectivity index (χ4v) is 3.31. The second kappa shape index (κ2) is 10.3. The van der Waals surface area contributed by atoms with E-state index in [1.807, 2.05) is 36.5 Å². The van der Waals surface area contributed by atoms with Gasteiger partial charge in [0.2, 0.25) is 11.8 Å². The minimum Gasteiger partial charge on any atom is -0.397 e. The Labute approximate surface area is 170 Å². The zero-order valence-corrected chi connectivity index (χ0v) is 16.5. The molecule has 1 aromatic heterocycles. The molecule has 2 aromatic carbocycles. The van der Waals surface area contributed by atoms with Gasteiger partial charge in [0, 0.05) is 36.5 Å². The van der Waals surface area contributed by atoms with Crippen molar-refractivity contribution in [2.45, 2.75) is 38.5 Å². The molecule has 1 heterocycles. The number of aryl methyl sites for hydroxylation is 1. The van der Waals surface area contributed by atoms with E-state index in [1.54, 1.807) is 12.1 Å². The van der Waals surface area contributed by atoms with Gasteiger partial charge in [-0.2, -0.15) is 0 Å². The normalized spacial score (nSPS) is 10.8. The van der Waals surface area contributed by atoms with E-state index in [4.69, 9.17) is 5.73 Å². The number of H-pyrrole nitrogens is 1. The van der Waals surface area contributed by atoms with Crippen LogP contribution >= 0.6 is 0 Å². The number of carbonyl (C=O) groups excluding carboxylic acids is 2. The van der Waals surface area contributed by atoms with E-state index in [1.165, 1.54) is 10.9 Å². The summed E-state index contributed by atoms with van der Waals surface area (Å²) in [5, 5.41) is 6.96. The number of carbonyl (C=O) groups is 2. The Morgan fingerprint density at radius 3 is 2.55 bits per heavy atom. The fraction of sp³-hybridized carbons (Fsp3) is 0.304. The third kappa shape index (κ3) is 6.10. The average molecular weight is 393 g/mol. The Hall–Kier alpha value is -3.28. The first-order chi connectivity index (χ1) is 14.1. The van der Waals surface area contributed by atoms with Crippen LogP contribution in [-0.4, -0.2) is 23.3 Å². The van der Waals surface area contributed by atoms with Crippen LogP contribution in [0.4, 0.5) is 11.4 Å². The zero-order valence-electron chi connectivity index (χ0n) is 16.5. The topological polar surface area (TPSA) is 100 Å². The molecule has 0 bridgehead atoms. The van der Waals surface area contributed by atoms with Crippen molar-refractivity contribution in [2.75, 3.05) is 17.6 Å². The highest BCUT2D eigenvalue weighted by atomic mass is 16.2. The van der Waals surface area contributed by atoms with Gasteiger partial charge in [0.05, 0.1) is 11.4 Å². The first-order valence-corrected chi connectivity index (χ1v) is 10.1. The molecule has 0 radical (unpaired) electrons. The second-order valence-corrected chi connectivity index (χ2v) is 7.16. The number of hydrogen-bond acceptors (Lipinski definition) is 3. The smallest absolute Gasteiger partial charge is 0.224 e. The number of para-hydroxylation sites is 3. The largest absolute Gasteiger partial charge is 0.397 e. The Bertz CT molecular complexity index is 964. The molecule has 152 valence electrons. The van der Waals surface area contributed by atoms with Crippen molar-refractivity contribution in [1.29, 1.82) is 0 Å². The Kier molecular flexibility index (Phi) is 7.28. The van der Waals surface area contributed by atoms with Crippen LogP contribution in [0.1, 0.15) is 37.7 Å². The lowest BCUT2D eigenvalue weighted by molar-refractivity contribution is -0.121. The molecule has 2 amide bonds. The van der Waals surface area contributed by atoms with Crippen molar-refractivity contribution in [1.82, 2.24) is 10.3 Å². The van der Waals surface area contributed by atoms with Crippen LogP contribution in [0.2, 0.25) is 0 Å². The number of benzene rings is 2. The molecule has 0 aliphatic carbocycles. The SMILES string of the molecule is Nc1ccccc1NC(=O)CCCCCNC(=O)CCc1c[nH]c2ccccc12. The van der Waals surface area contributed by atoms with Crippen LogP contribution in [0.3, 0.4) is 0 Å². The molecule has 0 atom stereocenters. The number of unbranched alkanes of at least 4 members (excludes halogenated alkanes) is 2. The maximum Gasteiger partial charge on any atom is 0.224 e. The molecule has 0 spiro atoms. The molecule has 0 saturated carbocycles. The molecule has 0 aliphatic heterocycles. The number of nitrogen functional groups attached to an aromatic ring is 1. The number of rotatable bonds is 10. The summed E-state index contributed by atoms with van der Waals surface area (Å²) in [5.74, 6) is 0.0261. The lowest BCUT2D eigenvalue weighted by Gasteiger charge is -2.08. The minimum atomic E-state index is -0.0364. The number of nitrogens with two attached hydrogens (primary N) is 1. The summed E-state index contributed by atoms with van der Waals surface area (Å²) in [5.41, 5.74) is 9.30. The number of amides is 2. The predicted octanol–water partition coefficient (Wildman–Crippen LogP) is 4.00. The molecule has 6 heteroatoms. The van der Waals surface area contributed by atoms with E-state index in [0.29, 0.717) is 30.8 Å². The van der Waals surface area contributed by atoms with Gasteiger partial charge in [-0.25, -0.2) is 0 Å². The molecule has 0 fully saturated rings. The van der Waals surface area contributed by atoms with Crippen LogP contribution in [0.15, 0.2) is 54.7 Å². The first kappa shape index (κ1) is 20.5. The summed E-state index contributed by atoms with van der Waals surface area (Å²) < 4.78 is 0. The van der Waals surface area contributed by atoms with Crippen LogP contribution in [-0.2, 0) is 16.0 Å². The number of aromatic amines is 1. The molecule has 5 N–H and O–H groups in total. The van der Waals surface area contributed by atoms with Gasteiger partial charge >= 0.3 is 0 Å². The monoisotopic (exact) mass is 392 g/mol. The zero-order chi connectivity index (χ0) is 20.5. The van der Waals surface area contributed by atoms with E-state index in [9.17, 15) is 9.59 Å². The van der Waals surface area contributed by atoms with Gasteiger partial charge in [0.15, 0.2) is 0 Å². The summed E-state index contributed by atoms with van der Waals surface area (Å²) in [6, 6.07) is 15.3. The van der Waals surface area contributed by atoms with E-state index in [2.05, 4.69) is 21.7 Å². The van der Waals surface area contributed by atoms with Gasteiger partial charge in [-0.15, -0.1) is 0 Å². The maximum atomic E-state index is 12.1. The van der Waals surface area contributed by atoms with Crippen molar-refractivity contribution < 1.29 is 9.59 Å². The van der Waals surface area contributed by atoms with E-state index < -0.39 is 0 Å². The highest BCUT2D eigenvalue weighted by Crippen LogP contribution is 2.19. The summed E-state index contributed by atoms with van der Waals surface area (Å²) in [4.78, 5) is 27.2. The second-order valence-electron chi connectivity index (χ2n) is 7.16. The van der Waals surface area contributed by atoms with Crippen molar-refractivity contribution in [2.24, 2.45) is 0 Å². The molecule has 0 unspecified atom stereocenters. The molecule has 0 aliphatic rings. The first-order valence-electron chi connectivity index (χ1n) is 10.1. The minimum absolute atomic E-state index is 0.0364. The van der Waals surface area contributed by atoms with Gasteiger partial charge in [-0.05, 0) is 43.0 Å². The molecule has 0 saturated heterocycles. The van der Waals surface area contributed by atoms with Crippen LogP contribution < -0.4 is 16.4 Å². The molecule has 3 rings (SSSR count). The fourth-order valence-electron chi connectivity index (χ4n) is 3.31. The Balaban J connectivity index is 1.26. The molecule has 29 heavy (non-hydrogen) atoms. The van der Waals surface area contributed by atoms with Crippen molar-refractivity contribution >= 4 is 34.1 Å². The van der Waals surface area contributed by atoms with Crippen molar-refractivity contribution in [3.63, 3.8) is 0 Å². The number of fused-ring (bicyclic) bond motifs is 1. The van der Waals surface area contributed by atoms with Gasteiger partial charge in [0.1, 0.15) is 0 Å². The van der Waals surface area contributed by atoms with Gasteiger partial charge in [-0.1, -0.05) is 36.8 Å². The molecular weight excluding hydrogens is 364 g/mol. The maximum absolute atomic E-state index is 12.1. The highest BCUT2D eigenvalue weighted by Gasteiger charge is 2.07. The van der Waals surface area contributed by atoms with Crippen LogP contribution in [0, 0.1) is 0 Å². The lowest BCUT2D eigenvalue weighted by atomic mass is 10.1. The number of anilines is 2. The molecular formula is C23H28N4O2. The standard InChI is InChI=1S/C23H28N4O2/c24-19-9-4-6-11-21(19)27-23(29)12-2-1-7-15-25-22(28)14-13-17-16-26-20-10-5-3-8-18(17)20/h3-6,8-11,16,26H,1-2,7,12-15,24H2,(H,25,28)(H,27,29). The van der Waals surface area contributed by atoms with Gasteiger partial charge in [-0.3, -0.25) is 9.59 Å². The molecule has 3 aromatic rings. The number of hydrogen-bond donors (Lipinski definition) is 4. The van der Waals surface area contributed by atoms with Crippen LogP contribution in [0.5, 0.6) is 0 Å². The summed E-state index contributed by atoms with van der Waals surface area (Å²) >= 11 is 0. The molecule has 6 nitrogen and oxygen atoms in total. The third-order valence-corrected chi connectivity index (χ3v) is 4.93. The summed E-state index contributed by atoms with van der Waals surface area (Å²) in [6.45, 7) is 0.639. The quantitative estimate of drug-likeness (QED) is 0.310. The Morgan fingerprint density at radius 2 is 1.69 bits per heavy atom. The van der Waals surface area contributed by atoms with Crippen LogP contribution in [0.25, 0.3) is 10.9 Å².